The summed E-state index contributed by atoms with van der Waals surface area (Å²) in [4.78, 5) is 28.1. The number of carbonyl (C=O) groups is 2. The summed E-state index contributed by atoms with van der Waals surface area (Å²) < 4.78 is 16.1. The van der Waals surface area contributed by atoms with Gasteiger partial charge in [-0.25, -0.2) is 0 Å². The molecule has 0 saturated carbocycles. The van der Waals surface area contributed by atoms with Crippen molar-refractivity contribution >= 4 is 11.8 Å². The van der Waals surface area contributed by atoms with Crippen LogP contribution < -0.4 is 19.5 Å². The zero-order chi connectivity index (χ0) is 23.3. The van der Waals surface area contributed by atoms with Gasteiger partial charge in [-0.05, 0) is 44.4 Å². The van der Waals surface area contributed by atoms with Gasteiger partial charge in [-0.3, -0.25) is 9.59 Å². The normalized spacial score (nSPS) is 18.1. The Morgan fingerprint density at radius 3 is 2.22 bits per heavy atom. The Balaban J connectivity index is 1.73. The second-order valence-electron chi connectivity index (χ2n) is 8.47. The number of nitrogens with zero attached hydrogens (tertiary/aromatic N) is 1. The second-order valence-corrected chi connectivity index (χ2v) is 8.47. The molecule has 2 aromatic carbocycles. The molecule has 1 fully saturated rings. The number of rotatable bonds is 7. The molecule has 1 aliphatic heterocycles. The predicted octanol–water partition coefficient (Wildman–Crippen LogP) is 3.58. The third-order valence-corrected chi connectivity index (χ3v) is 6.02. The number of aryl methyl sites for hydroxylation is 1. The maximum absolute atomic E-state index is 13.3. The molecule has 7 heteroatoms. The van der Waals surface area contributed by atoms with E-state index in [4.69, 9.17) is 14.2 Å². The molecule has 0 spiro atoms. The number of methoxy groups -OCH3 is 3. The number of benzene rings is 2. The fourth-order valence-electron chi connectivity index (χ4n) is 4.09. The molecular formula is C25H32N2O5. The molecule has 32 heavy (non-hydrogen) atoms. The van der Waals surface area contributed by atoms with E-state index in [0.717, 1.165) is 18.4 Å². The number of ether oxygens (including phenoxy) is 3. The molecular weight excluding hydrogens is 408 g/mol. The van der Waals surface area contributed by atoms with Gasteiger partial charge in [0.1, 0.15) is 0 Å². The first kappa shape index (κ1) is 23.4. The molecule has 1 unspecified atom stereocenters. The van der Waals surface area contributed by atoms with Gasteiger partial charge in [-0.1, -0.05) is 29.8 Å². The first-order chi connectivity index (χ1) is 15.3. The average Bonchev–Trinajstić information content (AvgIpc) is 2.81. The van der Waals surface area contributed by atoms with E-state index in [1.54, 1.807) is 17.0 Å². The molecule has 172 valence electrons. The molecule has 1 N–H and O–H groups in total. The summed E-state index contributed by atoms with van der Waals surface area (Å²) >= 11 is 0. The Kier molecular flexibility index (Phi) is 7.28. The van der Waals surface area contributed by atoms with Crippen LogP contribution in [0.4, 0.5) is 0 Å². The van der Waals surface area contributed by atoms with Gasteiger partial charge in [0.05, 0.1) is 26.7 Å². The van der Waals surface area contributed by atoms with Crippen molar-refractivity contribution < 1.29 is 23.8 Å². The van der Waals surface area contributed by atoms with Crippen molar-refractivity contribution in [1.82, 2.24) is 10.2 Å². The van der Waals surface area contributed by atoms with Gasteiger partial charge < -0.3 is 24.4 Å². The molecule has 0 aromatic heterocycles. The van der Waals surface area contributed by atoms with Crippen molar-refractivity contribution in [3.05, 3.63) is 53.1 Å². The van der Waals surface area contributed by atoms with Crippen LogP contribution in [0.2, 0.25) is 0 Å². The van der Waals surface area contributed by atoms with E-state index in [1.807, 2.05) is 38.1 Å². The highest BCUT2D eigenvalue weighted by atomic mass is 16.5. The van der Waals surface area contributed by atoms with Crippen LogP contribution in [0.5, 0.6) is 17.2 Å². The molecule has 1 heterocycles. The highest BCUT2D eigenvalue weighted by Gasteiger charge is 2.39. The molecule has 1 saturated heterocycles. The third kappa shape index (κ3) is 4.98. The Labute approximate surface area is 189 Å². The minimum absolute atomic E-state index is 0.0412. The summed E-state index contributed by atoms with van der Waals surface area (Å²) in [5.41, 5.74) is 2.01. The standard InChI is InChI=1S/C25H32N2O5/c1-17-7-9-18(10-8-17)15-26-24(29)25(2)11-6-12-27(16-25)23(28)19-13-20(30-3)22(32-5)21(14-19)31-4/h7-10,13-14H,6,11-12,15-16H2,1-5H3,(H,26,29). The summed E-state index contributed by atoms with van der Waals surface area (Å²) in [7, 11) is 4.55. The molecule has 0 bridgehead atoms. The molecule has 7 nitrogen and oxygen atoms in total. The van der Waals surface area contributed by atoms with Crippen molar-refractivity contribution in [3.63, 3.8) is 0 Å². The smallest absolute Gasteiger partial charge is 0.254 e. The summed E-state index contributed by atoms with van der Waals surface area (Å²) in [5, 5.41) is 3.05. The number of piperidine rings is 1. The van der Waals surface area contributed by atoms with E-state index in [-0.39, 0.29) is 11.8 Å². The van der Waals surface area contributed by atoms with Crippen LogP contribution in [0.15, 0.2) is 36.4 Å². The van der Waals surface area contributed by atoms with Crippen LogP contribution in [0.1, 0.15) is 41.3 Å². The summed E-state index contributed by atoms with van der Waals surface area (Å²) in [6.45, 7) is 5.37. The monoisotopic (exact) mass is 440 g/mol. The molecule has 2 amide bonds. The van der Waals surface area contributed by atoms with Crippen molar-refractivity contribution in [1.29, 1.82) is 0 Å². The largest absolute Gasteiger partial charge is 0.493 e. The van der Waals surface area contributed by atoms with E-state index in [1.165, 1.54) is 26.9 Å². The van der Waals surface area contributed by atoms with Crippen LogP contribution in [-0.4, -0.2) is 51.1 Å². The Morgan fingerprint density at radius 1 is 1.03 bits per heavy atom. The van der Waals surface area contributed by atoms with Gasteiger partial charge in [-0.15, -0.1) is 0 Å². The minimum atomic E-state index is -0.654. The number of carbonyl (C=O) groups excluding carboxylic acids is 2. The van der Waals surface area contributed by atoms with Gasteiger partial charge in [0, 0.05) is 25.2 Å². The highest BCUT2D eigenvalue weighted by Crippen LogP contribution is 2.39. The lowest BCUT2D eigenvalue weighted by Gasteiger charge is -2.39. The summed E-state index contributed by atoms with van der Waals surface area (Å²) in [5.74, 6) is 1.07. The molecule has 1 aliphatic rings. The zero-order valence-electron chi connectivity index (χ0n) is 19.5. The van der Waals surface area contributed by atoms with Gasteiger partial charge in [0.15, 0.2) is 11.5 Å². The average molecular weight is 441 g/mol. The van der Waals surface area contributed by atoms with Crippen LogP contribution in [0, 0.1) is 12.3 Å². The zero-order valence-corrected chi connectivity index (χ0v) is 19.5. The molecule has 2 aromatic rings. The lowest BCUT2D eigenvalue weighted by molar-refractivity contribution is -0.132. The van der Waals surface area contributed by atoms with Gasteiger partial charge >= 0.3 is 0 Å². The topological polar surface area (TPSA) is 77.1 Å². The first-order valence-electron chi connectivity index (χ1n) is 10.7. The van der Waals surface area contributed by atoms with Crippen LogP contribution in [-0.2, 0) is 11.3 Å². The van der Waals surface area contributed by atoms with E-state index in [2.05, 4.69) is 5.32 Å². The van der Waals surface area contributed by atoms with Crippen molar-refractivity contribution in [2.45, 2.75) is 33.2 Å². The van der Waals surface area contributed by atoms with E-state index < -0.39 is 5.41 Å². The Morgan fingerprint density at radius 2 is 1.66 bits per heavy atom. The van der Waals surface area contributed by atoms with Gasteiger partial charge in [0.2, 0.25) is 11.7 Å². The Bertz CT molecular complexity index is 948. The predicted molar refractivity (Wildman–Crippen MR) is 122 cm³/mol. The van der Waals surface area contributed by atoms with Crippen molar-refractivity contribution in [2.75, 3.05) is 34.4 Å². The lowest BCUT2D eigenvalue weighted by atomic mass is 9.80. The summed E-state index contributed by atoms with van der Waals surface area (Å²) in [6.07, 6.45) is 1.48. The van der Waals surface area contributed by atoms with Crippen molar-refractivity contribution in [3.8, 4) is 17.2 Å². The van der Waals surface area contributed by atoms with Crippen LogP contribution in [0.3, 0.4) is 0 Å². The fourth-order valence-corrected chi connectivity index (χ4v) is 4.09. The maximum atomic E-state index is 13.3. The quantitative estimate of drug-likeness (QED) is 0.712. The van der Waals surface area contributed by atoms with Crippen LogP contribution in [0.25, 0.3) is 0 Å². The maximum Gasteiger partial charge on any atom is 0.254 e. The molecule has 0 radical (unpaired) electrons. The molecule has 0 aliphatic carbocycles. The third-order valence-electron chi connectivity index (χ3n) is 6.02. The van der Waals surface area contributed by atoms with E-state index in [0.29, 0.717) is 42.4 Å². The molecule has 1 atom stereocenters. The van der Waals surface area contributed by atoms with E-state index in [9.17, 15) is 9.59 Å². The van der Waals surface area contributed by atoms with E-state index >= 15 is 0 Å². The molecule has 3 rings (SSSR count). The number of nitrogens with one attached hydrogen (secondary N) is 1. The SMILES string of the molecule is COc1cc(C(=O)N2CCCC(C)(C(=O)NCc3ccc(C)cc3)C2)cc(OC)c1OC. The Hall–Kier alpha value is -3.22. The fraction of sp³-hybridized carbons (Fsp3) is 0.440. The van der Waals surface area contributed by atoms with Crippen LogP contribution >= 0.6 is 0 Å². The number of hydrogen-bond acceptors (Lipinski definition) is 5. The minimum Gasteiger partial charge on any atom is -0.493 e. The first-order valence-corrected chi connectivity index (χ1v) is 10.7. The second kappa shape index (κ2) is 9.94. The number of hydrogen-bond donors (Lipinski definition) is 1. The van der Waals surface area contributed by atoms with Gasteiger partial charge in [-0.2, -0.15) is 0 Å². The van der Waals surface area contributed by atoms with Gasteiger partial charge in [0.25, 0.3) is 5.91 Å². The van der Waals surface area contributed by atoms with Crippen molar-refractivity contribution in [2.24, 2.45) is 5.41 Å². The highest BCUT2D eigenvalue weighted by molar-refractivity contribution is 5.96. The number of likely N-dealkylation sites (tertiary alicyclic amines) is 1. The number of amides is 2. The lowest BCUT2D eigenvalue weighted by Crippen LogP contribution is -2.51. The summed E-state index contributed by atoms with van der Waals surface area (Å²) in [6, 6.07) is 11.4.